The summed E-state index contributed by atoms with van der Waals surface area (Å²) in [6.45, 7) is 7.28. The lowest BCUT2D eigenvalue weighted by Crippen LogP contribution is -2.43. The number of nitrogens with one attached hydrogen (secondary N) is 1. The number of carbonyl (C=O) groups excluding carboxylic acids is 1. The highest BCUT2D eigenvalue weighted by Crippen LogP contribution is 2.41. The Morgan fingerprint density at radius 1 is 0.912 bits per heavy atom. The van der Waals surface area contributed by atoms with E-state index in [2.05, 4.69) is 83.9 Å². The van der Waals surface area contributed by atoms with Crippen molar-refractivity contribution in [2.24, 2.45) is 0 Å². The molecule has 2 aliphatic rings. The molecule has 5 rings (SSSR count). The summed E-state index contributed by atoms with van der Waals surface area (Å²) in [6.07, 6.45) is 4.88. The van der Waals surface area contributed by atoms with Crippen LogP contribution in [-0.2, 0) is 11.3 Å². The van der Waals surface area contributed by atoms with Gasteiger partial charge in [0.05, 0.1) is 6.04 Å². The van der Waals surface area contributed by atoms with E-state index in [1.54, 1.807) is 6.92 Å². The molecule has 0 radical (unpaired) electrons. The first-order chi connectivity index (χ1) is 16.6. The lowest BCUT2D eigenvalue weighted by atomic mass is 9.88. The zero-order valence-electron chi connectivity index (χ0n) is 20.3. The molecule has 3 aromatic rings. The van der Waals surface area contributed by atoms with Crippen LogP contribution in [0, 0.1) is 0 Å². The minimum atomic E-state index is 0.0988. The maximum absolute atomic E-state index is 12.5. The topological polar surface area (TPSA) is 35.6 Å². The number of piperidine rings is 1. The van der Waals surface area contributed by atoms with Gasteiger partial charge in [0.25, 0.3) is 0 Å². The molecule has 176 valence electrons. The Morgan fingerprint density at radius 3 is 2.32 bits per heavy atom. The monoisotopic (exact) mass is 453 g/mol. The molecule has 0 unspecified atom stereocenters. The van der Waals surface area contributed by atoms with Gasteiger partial charge in [-0.3, -0.25) is 9.69 Å². The van der Waals surface area contributed by atoms with Crippen LogP contribution >= 0.6 is 0 Å². The number of amides is 1. The Labute approximate surface area is 203 Å². The van der Waals surface area contributed by atoms with Crippen molar-refractivity contribution < 1.29 is 4.79 Å². The lowest BCUT2D eigenvalue weighted by molar-refractivity contribution is -0.117. The summed E-state index contributed by atoms with van der Waals surface area (Å²) >= 11 is 0. The van der Waals surface area contributed by atoms with Gasteiger partial charge in [0.1, 0.15) is 0 Å². The van der Waals surface area contributed by atoms with Crippen LogP contribution in [0.3, 0.4) is 0 Å². The highest BCUT2D eigenvalue weighted by molar-refractivity contribution is 5.94. The number of nitrogens with zero attached hydrogens (tertiary/aromatic N) is 2. The van der Waals surface area contributed by atoms with Gasteiger partial charge in [0.15, 0.2) is 0 Å². The molecule has 3 aromatic carbocycles. The van der Waals surface area contributed by atoms with Crippen molar-refractivity contribution >= 4 is 17.3 Å². The van der Waals surface area contributed by atoms with Crippen molar-refractivity contribution in [2.75, 3.05) is 23.3 Å². The fraction of sp³-hybridized carbons (Fsp3) is 0.367. The van der Waals surface area contributed by atoms with Crippen molar-refractivity contribution in [1.29, 1.82) is 0 Å². The molecule has 34 heavy (non-hydrogen) atoms. The van der Waals surface area contributed by atoms with Crippen LogP contribution in [0.5, 0.6) is 0 Å². The van der Waals surface area contributed by atoms with E-state index in [0.29, 0.717) is 0 Å². The molecule has 1 amide bonds. The van der Waals surface area contributed by atoms with Gasteiger partial charge < -0.3 is 10.2 Å². The Hall–Kier alpha value is -3.11. The van der Waals surface area contributed by atoms with Gasteiger partial charge >= 0.3 is 0 Å². The minimum Gasteiger partial charge on any atom is -0.378 e. The smallest absolute Gasteiger partial charge is 0.224 e. The molecule has 1 saturated heterocycles. The number of hydrogen-bond donors (Lipinski definition) is 1. The van der Waals surface area contributed by atoms with E-state index in [-0.39, 0.29) is 18.0 Å². The summed E-state index contributed by atoms with van der Waals surface area (Å²) in [5.74, 6) is 0.0988. The van der Waals surface area contributed by atoms with E-state index in [1.807, 2.05) is 11.0 Å². The first kappa shape index (κ1) is 22.7. The Bertz CT molecular complexity index is 1120. The van der Waals surface area contributed by atoms with E-state index in [9.17, 15) is 4.79 Å². The third-order valence-electron chi connectivity index (χ3n) is 7.28. The van der Waals surface area contributed by atoms with Crippen molar-refractivity contribution in [1.82, 2.24) is 4.90 Å². The molecule has 0 spiro atoms. The molecular weight excluding hydrogens is 418 g/mol. The largest absolute Gasteiger partial charge is 0.378 e. The molecule has 2 heterocycles. The van der Waals surface area contributed by atoms with Gasteiger partial charge in [-0.15, -0.1) is 0 Å². The normalized spacial score (nSPS) is 20.6. The molecule has 1 N–H and O–H groups in total. The Balaban J connectivity index is 1.43. The van der Waals surface area contributed by atoms with Crippen LogP contribution in [0.25, 0.3) is 11.1 Å². The second-order valence-corrected chi connectivity index (χ2v) is 9.84. The molecule has 4 nitrogen and oxygen atoms in total. The van der Waals surface area contributed by atoms with E-state index < -0.39 is 0 Å². The zero-order chi connectivity index (χ0) is 23.5. The molecule has 0 bridgehead atoms. The van der Waals surface area contributed by atoms with Crippen molar-refractivity contribution in [2.45, 2.75) is 58.2 Å². The van der Waals surface area contributed by atoms with Gasteiger partial charge in [-0.1, -0.05) is 55.0 Å². The SMILES string of the molecule is CC(=O)N1c2ccc(-c3ccc(CN4CCCCC4)cc3)cc2[C@H](Nc2ccccc2)C[C@H]1C. The summed E-state index contributed by atoms with van der Waals surface area (Å²) in [6, 6.07) is 26.2. The number of likely N-dealkylation sites (tertiary alicyclic amines) is 1. The summed E-state index contributed by atoms with van der Waals surface area (Å²) < 4.78 is 0. The summed E-state index contributed by atoms with van der Waals surface area (Å²) in [5.41, 5.74) is 7.10. The molecule has 2 aliphatic heterocycles. The fourth-order valence-corrected chi connectivity index (χ4v) is 5.57. The fourth-order valence-electron chi connectivity index (χ4n) is 5.57. The molecular formula is C30H35N3O. The van der Waals surface area contributed by atoms with Crippen molar-refractivity contribution in [3.63, 3.8) is 0 Å². The van der Waals surface area contributed by atoms with Crippen LogP contribution < -0.4 is 10.2 Å². The van der Waals surface area contributed by atoms with Crippen LogP contribution in [-0.4, -0.2) is 29.9 Å². The number of fused-ring (bicyclic) bond motifs is 1. The number of rotatable bonds is 5. The molecule has 4 heteroatoms. The number of para-hydroxylation sites is 1. The summed E-state index contributed by atoms with van der Waals surface area (Å²) in [7, 11) is 0. The van der Waals surface area contributed by atoms with Gasteiger partial charge in [0.2, 0.25) is 5.91 Å². The van der Waals surface area contributed by atoms with Gasteiger partial charge in [-0.25, -0.2) is 0 Å². The van der Waals surface area contributed by atoms with E-state index >= 15 is 0 Å². The van der Waals surface area contributed by atoms with Gasteiger partial charge in [0, 0.05) is 30.9 Å². The summed E-state index contributed by atoms with van der Waals surface area (Å²) in [4.78, 5) is 17.0. The number of carbonyl (C=O) groups is 1. The molecule has 0 aromatic heterocycles. The standard InChI is InChI=1S/C30H35N3O/c1-22-19-29(31-27-9-5-3-6-10-27)28-20-26(15-16-30(28)33(22)23(2)34)25-13-11-24(12-14-25)21-32-17-7-4-8-18-32/h3,5-6,9-16,20,22,29,31H,4,7-8,17-19,21H2,1-2H3/t22-,29-/m1/s1. The molecule has 0 saturated carbocycles. The second-order valence-electron chi connectivity index (χ2n) is 9.84. The third-order valence-corrected chi connectivity index (χ3v) is 7.28. The number of hydrogen-bond acceptors (Lipinski definition) is 3. The second kappa shape index (κ2) is 10.0. The van der Waals surface area contributed by atoms with E-state index in [1.165, 1.54) is 54.6 Å². The van der Waals surface area contributed by atoms with Crippen molar-refractivity contribution in [3.05, 3.63) is 83.9 Å². The maximum atomic E-state index is 12.5. The molecule has 0 aliphatic carbocycles. The van der Waals surface area contributed by atoms with Crippen molar-refractivity contribution in [3.8, 4) is 11.1 Å². The van der Waals surface area contributed by atoms with Gasteiger partial charge in [-0.2, -0.15) is 0 Å². The van der Waals surface area contributed by atoms with Crippen LogP contribution in [0.15, 0.2) is 72.8 Å². The third kappa shape index (κ3) is 4.88. The highest BCUT2D eigenvalue weighted by Gasteiger charge is 2.32. The Kier molecular flexibility index (Phi) is 6.68. The van der Waals surface area contributed by atoms with Crippen LogP contribution in [0.2, 0.25) is 0 Å². The first-order valence-electron chi connectivity index (χ1n) is 12.7. The average molecular weight is 454 g/mol. The average Bonchev–Trinajstić information content (AvgIpc) is 2.85. The van der Waals surface area contributed by atoms with Crippen LogP contribution in [0.4, 0.5) is 11.4 Å². The quantitative estimate of drug-likeness (QED) is 0.470. The molecule has 1 fully saturated rings. The van der Waals surface area contributed by atoms with Crippen LogP contribution in [0.1, 0.15) is 56.7 Å². The number of benzene rings is 3. The van der Waals surface area contributed by atoms with Gasteiger partial charge in [-0.05, 0) is 85.8 Å². The highest BCUT2D eigenvalue weighted by atomic mass is 16.2. The van der Waals surface area contributed by atoms with E-state index in [0.717, 1.165) is 24.3 Å². The lowest BCUT2D eigenvalue weighted by Gasteiger charge is -2.39. The molecule has 2 atom stereocenters. The first-order valence-corrected chi connectivity index (χ1v) is 12.7. The minimum absolute atomic E-state index is 0.0988. The predicted octanol–water partition coefficient (Wildman–Crippen LogP) is 6.64. The van der Waals surface area contributed by atoms with E-state index in [4.69, 9.17) is 0 Å². The number of anilines is 2. The summed E-state index contributed by atoms with van der Waals surface area (Å²) in [5, 5.41) is 3.72. The Morgan fingerprint density at radius 2 is 1.62 bits per heavy atom. The zero-order valence-corrected chi connectivity index (χ0v) is 20.3. The predicted molar refractivity (Wildman–Crippen MR) is 141 cm³/mol. The maximum Gasteiger partial charge on any atom is 0.224 e.